The van der Waals surface area contributed by atoms with Crippen molar-refractivity contribution in [2.75, 3.05) is 0 Å². The molecule has 0 aromatic heterocycles. The molecular weight excluding hydrogens is 505 g/mol. The lowest BCUT2D eigenvalue weighted by Crippen LogP contribution is -2.72. The summed E-state index contributed by atoms with van der Waals surface area (Å²) in [5.41, 5.74) is -2.45. The molecule has 0 radical (unpaired) electrons. The highest BCUT2D eigenvalue weighted by atomic mass is 32.2. The van der Waals surface area contributed by atoms with Crippen molar-refractivity contribution in [2.45, 2.75) is 46.6 Å². The van der Waals surface area contributed by atoms with Crippen molar-refractivity contribution in [3.8, 4) is 0 Å². The van der Waals surface area contributed by atoms with Crippen LogP contribution in [0.1, 0.15) is 5.56 Å². The molecule has 0 fully saturated rings. The second-order valence-electron chi connectivity index (χ2n) is 5.72. The lowest BCUT2D eigenvalue weighted by Gasteiger charge is -2.41. The lowest BCUT2D eigenvalue weighted by molar-refractivity contribution is -0.453. The molecular formula is C13H5F15O2S. The van der Waals surface area contributed by atoms with Crippen LogP contribution in [0.5, 0.6) is 0 Å². The minimum atomic E-state index is -8.39. The van der Waals surface area contributed by atoms with Crippen molar-refractivity contribution in [1.29, 1.82) is 0 Å². The third kappa shape index (κ3) is 3.74. The molecule has 1 rings (SSSR count). The maximum atomic E-state index is 13.9. The van der Waals surface area contributed by atoms with Crippen LogP contribution in [0.25, 0.3) is 0 Å². The number of rotatable bonds is 7. The number of benzene rings is 1. The van der Waals surface area contributed by atoms with Crippen LogP contribution in [0.3, 0.4) is 0 Å². The molecule has 1 unspecified atom stereocenters. The van der Waals surface area contributed by atoms with Crippen LogP contribution in [0.2, 0.25) is 0 Å². The lowest BCUT2D eigenvalue weighted by atomic mass is 9.88. The molecule has 0 heterocycles. The van der Waals surface area contributed by atoms with Gasteiger partial charge in [0.25, 0.3) is 0 Å². The number of hydrogen-bond donors (Lipinski definition) is 1. The van der Waals surface area contributed by atoms with Gasteiger partial charge < -0.3 is 4.55 Å². The zero-order valence-electron chi connectivity index (χ0n) is 13.7. The first-order valence-electron chi connectivity index (χ1n) is 6.96. The normalized spacial score (nSPS) is 16.4. The molecule has 0 aliphatic carbocycles. The Hall–Kier alpha value is -1.72. The molecule has 180 valence electrons. The van der Waals surface area contributed by atoms with Gasteiger partial charge >= 0.3 is 41.7 Å². The van der Waals surface area contributed by atoms with Gasteiger partial charge in [-0.2, -0.15) is 65.9 Å². The Morgan fingerprint density at radius 1 is 0.613 bits per heavy atom. The number of halogens is 15. The van der Waals surface area contributed by atoms with Crippen molar-refractivity contribution in [2.24, 2.45) is 0 Å². The molecule has 18 heteroatoms. The molecule has 0 spiro atoms. The van der Waals surface area contributed by atoms with E-state index in [1.165, 1.54) is 0 Å². The van der Waals surface area contributed by atoms with E-state index in [0.717, 1.165) is 0 Å². The Balaban J connectivity index is 3.69. The Kier molecular flexibility index (Phi) is 6.53. The van der Waals surface area contributed by atoms with Gasteiger partial charge in [0.1, 0.15) is 0 Å². The minimum absolute atomic E-state index is 0.221. The summed E-state index contributed by atoms with van der Waals surface area (Å²) >= 11 is -3.23. The predicted molar refractivity (Wildman–Crippen MR) is 70.2 cm³/mol. The van der Waals surface area contributed by atoms with E-state index in [2.05, 4.69) is 0 Å². The number of hydrogen-bond acceptors (Lipinski definition) is 1. The Labute approximate surface area is 163 Å². The van der Waals surface area contributed by atoms with Crippen molar-refractivity contribution in [3.05, 3.63) is 29.8 Å². The second kappa shape index (κ2) is 7.41. The van der Waals surface area contributed by atoms with Crippen LogP contribution in [-0.4, -0.2) is 44.6 Å². The summed E-state index contributed by atoms with van der Waals surface area (Å²) in [6, 6.07) is 0.0751. The van der Waals surface area contributed by atoms with E-state index in [-0.39, 0.29) is 12.1 Å². The van der Waals surface area contributed by atoms with Gasteiger partial charge in [-0.3, -0.25) is 0 Å². The highest BCUT2D eigenvalue weighted by Crippen LogP contribution is 2.63. The first kappa shape index (κ1) is 27.3. The topological polar surface area (TPSA) is 37.3 Å². The molecule has 1 atom stereocenters. The molecule has 0 bridgehead atoms. The first-order chi connectivity index (χ1) is 13.4. The van der Waals surface area contributed by atoms with E-state index in [9.17, 15) is 70.1 Å². The zero-order chi connectivity index (χ0) is 25.1. The molecule has 0 saturated carbocycles. The second-order valence-corrected chi connectivity index (χ2v) is 6.69. The van der Waals surface area contributed by atoms with Crippen LogP contribution < -0.4 is 0 Å². The quantitative estimate of drug-likeness (QED) is 0.356. The van der Waals surface area contributed by atoms with Gasteiger partial charge in [-0.1, -0.05) is 12.1 Å². The van der Waals surface area contributed by atoms with E-state index >= 15 is 0 Å². The molecule has 0 aliphatic rings. The molecule has 0 amide bonds. The summed E-state index contributed by atoms with van der Waals surface area (Å²) < 4.78 is 216. The third-order valence-electron chi connectivity index (χ3n) is 3.73. The molecule has 1 N–H and O–H groups in total. The largest absolute Gasteiger partial charge is 0.460 e. The molecule has 1 aromatic rings. The van der Waals surface area contributed by atoms with Crippen molar-refractivity contribution in [1.82, 2.24) is 0 Å². The van der Waals surface area contributed by atoms with E-state index in [1.807, 2.05) is 0 Å². The van der Waals surface area contributed by atoms with E-state index in [0.29, 0.717) is 6.07 Å². The van der Waals surface area contributed by atoms with Crippen molar-refractivity contribution in [3.63, 3.8) is 0 Å². The van der Waals surface area contributed by atoms with Crippen molar-refractivity contribution >= 4 is 11.1 Å². The minimum Gasteiger partial charge on any atom is -0.302 e. The molecule has 31 heavy (non-hydrogen) atoms. The van der Waals surface area contributed by atoms with E-state index < -0.39 is 69.3 Å². The third-order valence-corrected chi connectivity index (χ3v) is 4.38. The Morgan fingerprint density at radius 2 is 1.00 bits per heavy atom. The Bertz CT molecular complexity index is 846. The van der Waals surface area contributed by atoms with Crippen LogP contribution in [0.15, 0.2) is 29.2 Å². The van der Waals surface area contributed by atoms with Gasteiger partial charge in [0, 0.05) is 5.56 Å². The Morgan fingerprint density at radius 3 is 1.39 bits per heavy atom. The van der Waals surface area contributed by atoms with Gasteiger partial charge in [-0.15, -0.1) is 0 Å². The molecule has 1 aromatic carbocycles. The summed E-state index contributed by atoms with van der Waals surface area (Å²) in [4.78, 5) is -1.20. The molecule has 2 nitrogen and oxygen atoms in total. The summed E-state index contributed by atoms with van der Waals surface area (Å²) in [6.45, 7) is 0. The SMILES string of the molecule is O=S(O)c1cccc(C(F)(F)C(F)(F)C(F)(F)C(F)(F)C(F)(F)C(F)(F)C(F)(F)F)c1. The standard InChI is InChI=1S/C13H5F15O2S/c14-7(15,5-2-1-3-6(4-5)31(29)30)8(16,17)9(18,19)10(20,21)11(22,23)12(24,25)13(26,27)28/h1-4H,(H,29,30). The van der Waals surface area contributed by atoms with Crippen LogP contribution >= 0.6 is 0 Å². The van der Waals surface area contributed by atoms with E-state index in [4.69, 9.17) is 4.55 Å². The average molecular weight is 510 g/mol. The first-order valence-corrected chi connectivity index (χ1v) is 8.07. The molecule has 0 saturated heterocycles. The van der Waals surface area contributed by atoms with E-state index in [1.54, 1.807) is 0 Å². The summed E-state index contributed by atoms with van der Waals surface area (Å²) in [5, 5.41) is 0. The maximum absolute atomic E-state index is 13.9. The van der Waals surface area contributed by atoms with Gasteiger partial charge in [0.2, 0.25) is 0 Å². The average Bonchev–Trinajstić information content (AvgIpc) is 2.59. The summed E-state index contributed by atoms with van der Waals surface area (Å²) in [7, 11) is 0. The highest BCUT2D eigenvalue weighted by molar-refractivity contribution is 7.79. The van der Waals surface area contributed by atoms with Gasteiger partial charge in [-0.05, 0) is 12.1 Å². The predicted octanol–water partition coefficient (Wildman–Crippen LogP) is 6.10. The van der Waals surface area contributed by atoms with Crippen LogP contribution in [-0.2, 0) is 17.0 Å². The maximum Gasteiger partial charge on any atom is 0.460 e. The summed E-state index contributed by atoms with van der Waals surface area (Å²) in [5.74, 6) is -47.3. The van der Waals surface area contributed by atoms with Gasteiger partial charge in [-0.25, -0.2) is 4.21 Å². The van der Waals surface area contributed by atoms with Gasteiger partial charge in [0.05, 0.1) is 4.90 Å². The van der Waals surface area contributed by atoms with Crippen LogP contribution in [0.4, 0.5) is 65.9 Å². The van der Waals surface area contributed by atoms with Crippen molar-refractivity contribution < 1.29 is 74.6 Å². The highest BCUT2D eigenvalue weighted by Gasteiger charge is 2.93. The van der Waals surface area contributed by atoms with Gasteiger partial charge in [0.15, 0.2) is 11.1 Å². The summed E-state index contributed by atoms with van der Waals surface area (Å²) in [6.07, 6.45) is -7.67. The molecule has 0 aliphatic heterocycles. The monoisotopic (exact) mass is 510 g/mol. The smallest absolute Gasteiger partial charge is 0.302 e. The fourth-order valence-corrected chi connectivity index (χ4v) is 2.37. The fraction of sp³-hybridized carbons (Fsp3) is 0.538. The van der Waals surface area contributed by atoms with Crippen LogP contribution in [0, 0.1) is 0 Å². The fourth-order valence-electron chi connectivity index (χ4n) is 1.95. The zero-order valence-corrected chi connectivity index (χ0v) is 14.6. The number of alkyl halides is 15.